The zero-order valence-electron chi connectivity index (χ0n) is 9.98. The van der Waals surface area contributed by atoms with Gasteiger partial charge in [-0.15, -0.1) is 0 Å². The van der Waals surface area contributed by atoms with E-state index in [-0.39, 0.29) is 11.7 Å². The van der Waals surface area contributed by atoms with E-state index in [1.165, 1.54) is 6.26 Å². The molecule has 1 saturated heterocycles. The number of carbonyl (C=O) groups excluding carboxylic acids is 1. The lowest BCUT2D eigenvalue weighted by atomic mass is 10.4. The molecule has 1 fully saturated rings. The molecule has 0 unspecified atom stereocenters. The summed E-state index contributed by atoms with van der Waals surface area (Å²) < 4.78 is 22.1. The first-order valence-corrected chi connectivity index (χ1v) is 7.60. The van der Waals surface area contributed by atoms with Gasteiger partial charge in [0.2, 0.25) is 5.91 Å². The standard InChI is InChI=1S/C10H20N2O3S/c1-10(13)12-5-3-4-11(6-7-12)8-9-16(2,14)15/h3-9H2,1-2H3. The Bertz CT molecular complexity index is 340. The highest BCUT2D eigenvalue weighted by molar-refractivity contribution is 7.90. The fraction of sp³-hybridized carbons (Fsp3) is 0.900. The van der Waals surface area contributed by atoms with Gasteiger partial charge in [-0.25, -0.2) is 8.42 Å². The van der Waals surface area contributed by atoms with Crippen LogP contribution in [0.2, 0.25) is 0 Å². The predicted octanol–water partition coefficient (Wildman–Crippen LogP) is -0.415. The first-order valence-electron chi connectivity index (χ1n) is 5.54. The molecule has 0 atom stereocenters. The molecule has 5 nitrogen and oxygen atoms in total. The van der Waals surface area contributed by atoms with Crippen molar-refractivity contribution in [3.05, 3.63) is 0 Å². The normalized spacial score (nSPS) is 19.5. The van der Waals surface area contributed by atoms with Crippen LogP contribution < -0.4 is 0 Å². The van der Waals surface area contributed by atoms with Crippen molar-refractivity contribution in [3.63, 3.8) is 0 Å². The molecule has 1 amide bonds. The molecule has 0 aromatic carbocycles. The lowest BCUT2D eigenvalue weighted by Crippen LogP contribution is -2.35. The minimum atomic E-state index is -2.89. The third kappa shape index (κ3) is 4.94. The highest BCUT2D eigenvalue weighted by atomic mass is 32.2. The molecule has 1 aliphatic heterocycles. The summed E-state index contributed by atoms with van der Waals surface area (Å²) in [6, 6.07) is 0. The van der Waals surface area contributed by atoms with Gasteiger partial charge >= 0.3 is 0 Å². The van der Waals surface area contributed by atoms with Gasteiger partial charge in [0.05, 0.1) is 5.75 Å². The Kier molecular flexibility index (Phi) is 4.73. The van der Waals surface area contributed by atoms with E-state index in [1.54, 1.807) is 6.92 Å². The molecular formula is C10H20N2O3S. The van der Waals surface area contributed by atoms with E-state index in [0.717, 1.165) is 26.1 Å². The van der Waals surface area contributed by atoms with Crippen molar-refractivity contribution in [2.75, 3.05) is 44.7 Å². The number of amides is 1. The summed E-state index contributed by atoms with van der Waals surface area (Å²) in [7, 11) is -2.89. The second-order valence-electron chi connectivity index (χ2n) is 4.33. The minimum Gasteiger partial charge on any atom is -0.342 e. The largest absolute Gasteiger partial charge is 0.342 e. The van der Waals surface area contributed by atoms with Crippen molar-refractivity contribution in [2.45, 2.75) is 13.3 Å². The van der Waals surface area contributed by atoms with Crippen LogP contribution >= 0.6 is 0 Å². The maximum atomic E-state index is 11.2. The highest BCUT2D eigenvalue weighted by Crippen LogP contribution is 2.03. The zero-order valence-corrected chi connectivity index (χ0v) is 10.8. The van der Waals surface area contributed by atoms with Gasteiger partial charge in [-0.1, -0.05) is 0 Å². The molecule has 16 heavy (non-hydrogen) atoms. The van der Waals surface area contributed by atoms with E-state index < -0.39 is 9.84 Å². The van der Waals surface area contributed by atoms with Crippen LogP contribution in [0.3, 0.4) is 0 Å². The summed E-state index contributed by atoms with van der Waals surface area (Å²) in [5.74, 6) is 0.303. The van der Waals surface area contributed by atoms with E-state index in [9.17, 15) is 13.2 Å². The summed E-state index contributed by atoms with van der Waals surface area (Å²) >= 11 is 0. The Balaban J connectivity index is 2.39. The molecule has 0 aromatic rings. The number of nitrogens with zero attached hydrogens (tertiary/aromatic N) is 2. The Hall–Kier alpha value is -0.620. The second kappa shape index (κ2) is 5.63. The fourth-order valence-electron chi connectivity index (χ4n) is 1.80. The number of rotatable bonds is 3. The van der Waals surface area contributed by atoms with Crippen molar-refractivity contribution in [2.24, 2.45) is 0 Å². The van der Waals surface area contributed by atoms with E-state index in [0.29, 0.717) is 13.1 Å². The zero-order chi connectivity index (χ0) is 12.2. The van der Waals surface area contributed by atoms with Crippen molar-refractivity contribution < 1.29 is 13.2 Å². The smallest absolute Gasteiger partial charge is 0.219 e. The van der Waals surface area contributed by atoms with E-state index in [1.807, 2.05) is 4.90 Å². The number of hydrogen-bond acceptors (Lipinski definition) is 4. The summed E-state index contributed by atoms with van der Waals surface area (Å²) in [5.41, 5.74) is 0. The third-order valence-corrected chi connectivity index (χ3v) is 3.74. The van der Waals surface area contributed by atoms with Crippen LogP contribution in [0.15, 0.2) is 0 Å². The van der Waals surface area contributed by atoms with Gasteiger partial charge in [-0.3, -0.25) is 4.79 Å². The molecule has 6 heteroatoms. The topological polar surface area (TPSA) is 57.7 Å². The summed E-state index contributed by atoms with van der Waals surface area (Å²) in [6.07, 6.45) is 2.18. The van der Waals surface area contributed by atoms with Gasteiger partial charge in [-0.05, 0) is 13.0 Å². The molecular weight excluding hydrogens is 228 g/mol. The number of carbonyl (C=O) groups is 1. The van der Waals surface area contributed by atoms with Gasteiger partial charge in [0.1, 0.15) is 9.84 Å². The lowest BCUT2D eigenvalue weighted by Gasteiger charge is -2.20. The Morgan fingerprint density at radius 2 is 1.88 bits per heavy atom. The summed E-state index contributed by atoms with van der Waals surface area (Å²) in [6.45, 7) is 5.29. The van der Waals surface area contributed by atoms with Crippen molar-refractivity contribution in [1.29, 1.82) is 0 Å². The highest BCUT2D eigenvalue weighted by Gasteiger charge is 2.17. The second-order valence-corrected chi connectivity index (χ2v) is 6.59. The quantitative estimate of drug-likeness (QED) is 0.681. The van der Waals surface area contributed by atoms with Crippen molar-refractivity contribution >= 4 is 15.7 Å². The third-order valence-electron chi connectivity index (χ3n) is 2.81. The Morgan fingerprint density at radius 1 is 1.19 bits per heavy atom. The van der Waals surface area contributed by atoms with Gasteiger partial charge in [0.25, 0.3) is 0 Å². The van der Waals surface area contributed by atoms with Crippen LogP contribution in [0.5, 0.6) is 0 Å². The molecule has 0 aromatic heterocycles. The van der Waals surface area contributed by atoms with Gasteiger partial charge in [0.15, 0.2) is 0 Å². The van der Waals surface area contributed by atoms with E-state index >= 15 is 0 Å². The summed E-state index contributed by atoms with van der Waals surface area (Å²) in [5, 5.41) is 0. The lowest BCUT2D eigenvalue weighted by molar-refractivity contribution is -0.128. The average molecular weight is 248 g/mol. The predicted molar refractivity (Wildman–Crippen MR) is 63.0 cm³/mol. The molecule has 94 valence electrons. The van der Waals surface area contributed by atoms with E-state index in [4.69, 9.17) is 0 Å². The molecule has 0 bridgehead atoms. The average Bonchev–Trinajstić information content (AvgIpc) is 2.38. The van der Waals surface area contributed by atoms with Gasteiger partial charge in [0, 0.05) is 39.4 Å². The van der Waals surface area contributed by atoms with Crippen molar-refractivity contribution in [1.82, 2.24) is 9.80 Å². The molecule has 1 heterocycles. The minimum absolute atomic E-state index is 0.102. The van der Waals surface area contributed by atoms with E-state index in [2.05, 4.69) is 4.90 Å². The van der Waals surface area contributed by atoms with Crippen LogP contribution in [-0.2, 0) is 14.6 Å². The molecule has 1 rings (SSSR count). The van der Waals surface area contributed by atoms with Gasteiger partial charge < -0.3 is 9.80 Å². The number of hydrogen-bond donors (Lipinski definition) is 0. The van der Waals surface area contributed by atoms with Crippen LogP contribution in [0.4, 0.5) is 0 Å². The molecule has 0 N–H and O–H groups in total. The maximum Gasteiger partial charge on any atom is 0.219 e. The SMILES string of the molecule is CC(=O)N1CCCN(CCS(C)(=O)=O)CC1. The first-order chi connectivity index (χ1) is 7.38. The first kappa shape index (κ1) is 13.4. The molecule has 0 saturated carbocycles. The molecule has 0 radical (unpaired) electrons. The van der Waals surface area contributed by atoms with Crippen LogP contribution in [0.25, 0.3) is 0 Å². The molecule has 0 aliphatic carbocycles. The number of sulfone groups is 1. The monoisotopic (exact) mass is 248 g/mol. The Morgan fingerprint density at radius 3 is 2.44 bits per heavy atom. The maximum absolute atomic E-state index is 11.2. The Labute approximate surface area is 97.3 Å². The van der Waals surface area contributed by atoms with Crippen LogP contribution in [0, 0.1) is 0 Å². The van der Waals surface area contributed by atoms with Gasteiger partial charge in [-0.2, -0.15) is 0 Å². The molecule has 0 spiro atoms. The van der Waals surface area contributed by atoms with Crippen molar-refractivity contribution in [3.8, 4) is 0 Å². The molecule has 1 aliphatic rings. The van der Waals surface area contributed by atoms with Crippen LogP contribution in [-0.4, -0.2) is 68.9 Å². The summed E-state index contributed by atoms with van der Waals surface area (Å²) in [4.78, 5) is 15.1. The van der Waals surface area contributed by atoms with Crippen LogP contribution in [0.1, 0.15) is 13.3 Å². The fourth-order valence-corrected chi connectivity index (χ4v) is 2.39.